The molecule has 3 rings (SSSR count). The Kier molecular flexibility index (Phi) is 7.76. The fourth-order valence-corrected chi connectivity index (χ4v) is 5.71. The van der Waals surface area contributed by atoms with Gasteiger partial charge in [0.25, 0.3) is 5.91 Å². The van der Waals surface area contributed by atoms with E-state index in [1.165, 1.54) is 29.4 Å². The molecule has 1 heterocycles. The molecular formula is C21H29ClN2O5S. The van der Waals surface area contributed by atoms with Crippen LogP contribution in [0.3, 0.4) is 0 Å². The molecule has 0 aromatic heterocycles. The third-order valence-electron chi connectivity index (χ3n) is 5.76. The summed E-state index contributed by atoms with van der Waals surface area (Å²) in [6, 6.07) is 4.25. The summed E-state index contributed by atoms with van der Waals surface area (Å²) in [7, 11) is -3.65. The van der Waals surface area contributed by atoms with Gasteiger partial charge in [-0.25, -0.2) is 8.42 Å². The number of hydrogen-bond acceptors (Lipinski definition) is 5. The first-order valence-corrected chi connectivity index (χ1v) is 12.4. The molecule has 1 atom stereocenters. The van der Waals surface area contributed by atoms with E-state index in [2.05, 4.69) is 5.32 Å². The first kappa shape index (κ1) is 23.0. The second-order valence-electron chi connectivity index (χ2n) is 8.08. The molecule has 1 N–H and O–H groups in total. The lowest BCUT2D eigenvalue weighted by molar-refractivity contribution is -0.154. The highest BCUT2D eigenvalue weighted by Gasteiger charge is 2.27. The van der Waals surface area contributed by atoms with Gasteiger partial charge in [-0.3, -0.25) is 9.59 Å². The number of rotatable bonds is 7. The zero-order valence-corrected chi connectivity index (χ0v) is 18.8. The Morgan fingerprint density at radius 3 is 2.50 bits per heavy atom. The Morgan fingerprint density at radius 1 is 1.17 bits per heavy atom. The van der Waals surface area contributed by atoms with Gasteiger partial charge in [0.05, 0.1) is 15.6 Å². The van der Waals surface area contributed by atoms with Gasteiger partial charge in [-0.1, -0.05) is 30.9 Å². The zero-order chi connectivity index (χ0) is 21.7. The summed E-state index contributed by atoms with van der Waals surface area (Å²) >= 11 is 6.17. The van der Waals surface area contributed by atoms with E-state index in [1.807, 2.05) is 0 Å². The summed E-state index contributed by atoms with van der Waals surface area (Å²) in [6.45, 7) is 2.46. The van der Waals surface area contributed by atoms with Crippen molar-refractivity contribution in [3.63, 3.8) is 0 Å². The van der Waals surface area contributed by atoms with Gasteiger partial charge in [0.2, 0.25) is 10.0 Å². The highest BCUT2D eigenvalue weighted by molar-refractivity contribution is 7.89. The molecule has 7 nitrogen and oxygen atoms in total. The number of carbonyl (C=O) groups excluding carboxylic acids is 2. The third kappa shape index (κ3) is 5.74. The van der Waals surface area contributed by atoms with Crippen molar-refractivity contribution in [3.8, 4) is 0 Å². The van der Waals surface area contributed by atoms with Crippen molar-refractivity contribution in [3.05, 3.63) is 23.2 Å². The van der Waals surface area contributed by atoms with E-state index in [-0.39, 0.29) is 15.6 Å². The van der Waals surface area contributed by atoms with Gasteiger partial charge in [-0.05, 0) is 56.7 Å². The van der Waals surface area contributed by atoms with Crippen LogP contribution >= 0.6 is 11.6 Å². The van der Waals surface area contributed by atoms with E-state index in [9.17, 15) is 18.0 Å². The number of nitrogens with zero attached hydrogens (tertiary/aromatic N) is 1. The smallest absolute Gasteiger partial charge is 0.306 e. The Labute approximate surface area is 183 Å². The second kappa shape index (κ2) is 10.1. The molecule has 1 aromatic rings. The van der Waals surface area contributed by atoms with Crippen molar-refractivity contribution in [1.29, 1.82) is 0 Å². The number of halogens is 1. The van der Waals surface area contributed by atoms with Crippen LogP contribution in [0.4, 0.5) is 5.69 Å². The van der Waals surface area contributed by atoms with E-state index in [0.29, 0.717) is 25.4 Å². The fourth-order valence-electron chi connectivity index (χ4n) is 4.00. The number of amides is 1. The van der Waals surface area contributed by atoms with Crippen LogP contribution in [-0.2, 0) is 24.3 Å². The highest BCUT2D eigenvalue weighted by Crippen LogP contribution is 2.29. The maximum Gasteiger partial charge on any atom is 0.306 e. The minimum Gasteiger partial charge on any atom is -0.453 e. The van der Waals surface area contributed by atoms with Gasteiger partial charge in [0.15, 0.2) is 6.10 Å². The maximum atomic E-state index is 12.9. The number of esters is 1. The lowest BCUT2D eigenvalue weighted by Gasteiger charge is -2.26. The summed E-state index contributed by atoms with van der Waals surface area (Å²) in [5.41, 5.74) is 0.179. The molecule has 1 aliphatic heterocycles. The Bertz CT molecular complexity index is 877. The molecule has 166 valence electrons. The zero-order valence-electron chi connectivity index (χ0n) is 17.2. The lowest BCUT2D eigenvalue weighted by Crippen LogP contribution is -2.35. The van der Waals surface area contributed by atoms with Crippen molar-refractivity contribution in [2.45, 2.75) is 69.3 Å². The Balaban J connectivity index is 1.64. The number of sulfonamides is 1. The minimum atomic E-state index is -3.65. The van der Waals surface area contributed by atoms with E-state index in [0.717, 1.165) is 44.9 Å². The maximum absolute atomic E-state index is 12.9. The summed E-state index contributed by atoms with van der Waals surface area (Å²) < 4.78 is 32.5. The van der Waals surface area contributed by atoms with Crippen molar-refractivity contribution in [2.75, 3.05) is 18.4 Å². The molecular weight excluding hydrogens is 428 g/mol. The Morgan fingerprint density at radius 2 is 1.83 bits per heavy atom. The number of piperidine rings is 1. The number of hydrogen-bond donors (Lipinski definition) is 1. The topological polar surface area (TPSA) is 92.8 Å². The van der Waals surface area contributed by atoms with Crippen LogP contribution in [0.1, 0.15) is 58.3 Å². The van der Waals surface area contributed by atoms with Crippen LogP contribution in [0.2, 0.25) is 5.02 Å². The third-order valence-corrected chi connectivity index (χ3v) is 7.98. The Hall–Kier alpha value is -1.64. The molecule has 1 unspecified atom stereocenters. The first-order chi connectivity index (χ1) is 14.3. The molecule has 0 bridgehead atoms. The molecule has 1 amide bonds. The first-order valence-electron chi connectivity index (χ1n) is 10.6. The summed E-state index contributed by atoms with van der Waals surface area (Å²) in [6.07, 6.45) is 6.30. The molecule has 0 radical (unpaired) electrons. The monoisotopic (exact) mass is 456 g/mol. The van der Waals surface area contributed by atoms with E-state index in [4.69, 9.17) is 16.3 Å². The van der Waals surface area contributed by atoms with Gasteiger partial charge in [-0.15, -0.1) is 0 Å². The van der Waals surface area contributed by atoms with Crippen LogP contribution in [0, 0.1) is 5.92 Å². The van der Waals surface area contributed by atoms with Gasteiger partial charge < -0.3 is 10.1 Å². The van der Waals surface area contributed by atoms with Crippen molar-refractivity contribution >= 4 is 39.2 Å². The number of nitrogens with one attached hydrogen (secondary N) is 1. The summed E-state index contributed by atoms with van der Waals surface area (Å²) in [4.78, 5) is 24.7. The minimum absolute atomic E-state index is 0.0787. The van der Waals surface area contributed by atoms with Crippen molar-refractivity contribution < 1.29 is 22.7 Å². The molecule has 9 heteroatoms. The average Bonchev–Trinajstić information content (AvgIpc) is 3.22. The van der Waals surface area contributed by atoms with Crippen LogP contribution in [0.25, 0.3) is 0 Å². The summed E-state index contributed by atoms with van der Waals surface area (Å²) in [5.74, 6) is -0.611. The SMILES string of the molecule is CC(OC(=O)CC1CCCC1)C(=O)Nc1cc(S(=O)(=O)N2CCCCC2)ccc1Cl. The molecule has 0 spiro atoms. The van der Waals surface area contributed by atoms with E-state index >= 15 is 0 Å². The van der Waals surface area contributed by atoms with Gasteiger partial charge >= 0.3 is 5.97 Å². The molecule has 1 aromatic carbocycles. The average molecular weight is 457 g/mol. The number of benzene rings is 1. The van der Waals surface area contributed by atoms with Crippen LogP contribution in [-0.4, -0.2) is 43.8 Å². The molecule has 1 saturated carbocycles. The molecule has 2 aliphatic rings. The predicted molar refractivity (Wildman–Crippen MR) is 115 cm³/mol. The number of carbonyl (C=O) groups is 2. The van der Waals surface area contributed by atoms with Crippen LogP contribution in [0.5, 0.6) is 0 Å². The van der Waals surface area contributed by atoms with Crippen LogP contribution < -0.4 is 5.32 Å². The second-order valence-corrected chi connectivity index (χ2v) is 10.4. The highest BCUT2D eigenvalue weighted by atomic mass is 35.5. The van der Waals surface area contributed by atoms with Gasteiger partial charge in [-0.2, -0.15) is 4.31 Å². The molecule has 30 heavy (non-hydrogen) atoms. The predicted octanol–water partition coefficient (Wildman–Crippen LogP) is 3.97. The van der Waals surface area contributed by atoms with Gasteiger partial charge in [0, 0.05) is 19.5 Å². The normalized spacial score (nSPS) is 19.4. The molecule has 2 fully saturated rings. The largest absolute Gasteiger partial charge is 0.453 e. The number of anilines is 1. The fraction of sp³-hybridized carbons (Fsp3) is 0.619. The molecule has 1 aliphatic carbocycles. The quantitative estimate of drug-likeness (QED) is 0.626. The molecule has 1 saturated heterocycles. The van der Waals surface area contributed by atoms with Crippen molar-refractivity contribution in [1.82, 2.24) is 4.31 Å². The van der Waals surface area contributed by atoms with Crippen molar-refractivity contribution in [2.24, 2.45) is 5.92 Å². The summed E-state index contributed by atoms with van der Waals surface area (Å²) in [5, 5.41) is 2.81. The van der Waals surface area contributed by atoms with Crippen LogP contribution in [0.15, 0.2) is 23.1 Å². The number of ether oxygens (including phenoxy) is 1. The van der Waals surface area contributed by atoms with E-state index < -0.39 is 28.0 Å². The standard InChI is InChI=1S/C21H29ClN2O5S/c1-15(29-20(25)13-16-7-3-4-8-16)21(26)23-19-14-17(9-10-18(19)22)30(27,28)24-11-5-2-6-12-24/h9-10,14-16H,2-8,11-13H2,1H3,(H,23,26). The lowest BCUT2D eigenvalue weighted by atomic mass is 10.0. The van der Waals surface area contributed by atoms with Gasteiger partial charge in [0.1, 0.15) is 0 Å². The van der Waals surface area contributed by atoms with E-state index in [1.54, 1.807) is 0 Å².